The summed E-state index contributed by atoms with van der Waals surface area (Å²) in [4.78, 5) is 42.7. The Balaban J connectivity index is 1.69. The van der Waals surface area contributed by atoms with Gasteiger partial charge in [0.05, 0.1) is 22.9 Å². The number of amides is 2. The molecule has 2 bridgehead atoms. The van der Waals surface area contributed by atoms with E-state index in [2.05, 4.69) is 22.6 Å². The lowest BCUT2D eigenvalue weighted by Gasteiger charge is -2.52. The number of carbonyl (C=O) groups excluding carboxylic acids is 3. The Labute approximate surface area is 193 Å². The Morgan fingerprint density at radius 2 is 1.39 bits per heavy atom. The van der Waals surface area contributed by atoms with Crippen molar-refractivity contribution in [2.75, 3.05) is 4.90 Å². The molecule has 0 N–H and O–H groups in total. The minimum absolute atomic E-state index is 0.0914. The highest BCUT2D eigenvalue weighted by Gasteiger charge is 2.70. The van der Waals surface area contributed by atoms with Gasteiger partial charge in [0.1, 0.15) is 5.78 Å². The van der Waals surface area contributed by atoms with Gasteiger partial charge in [-0.1, -0.05) is 60.7 Å². The predicted octanol–water partition coefficient (Wildman–Crippen LogP) is 4.43. The second-order valence-corrected chi connectivity index (χ2v) is 9.65. The maximum Gasteiger partial charge on any atom is 0.239 e. The molecular weight excluding hydrogens is 501 g/mol. The standard InChI is InChI=1S/C26H18INO3/c1-14(29)26-17-10-4-2-8-15(17)21(16-9-3-5-11-18(16)26)22-23(26)25(31)28(24(22)30)20-13-7-6-12-19(20)27/h2-13,21-23H,1H3/t21?,22-,23+,26?/m0/s1. The molecule has 0 radical (unpaired) electrons. The summed E-state index contributed by atoms with van der Waals surface area (Å²) in [6.07, 6.45) is 0. The van der Waals surface area contributed by atoms with E-state index in [1.165, 1.54) is 4.90 Å². The van der Waals surface area contributed by atoms with Crippen molar-refractivity contribution < 1.29 is 14.4 Å². The maximum atomic E-state index is 14.0. The number of ketones is 1. The average Bonchev–Trinajstić information content (AvgIpc) is 3.05. The van der Waals surface area contributed by atoms with Gasteiger partial charge in [-0.15, -0.1) is 0 Å². The van der Waals surface area contributed by atoms with Crippen LogP contribution in [0, 0.1) is 15.4 Å². The van der Waals surface area contributed by atoms with Crippen LogP contribution in [0.15, 0.2) is 72.8 Å². The van der Waals surface area contributed by atoms with E-state index in [-0.39, 0.29) is 23.5 Å². The number of Topliss-reactive ketones (excluding diaryl/α,β-unsaturated/α-hetero) is 1. The van der Waals surface area contributed by atoms with Gasteiger partial charge in [0.15, 0.2) is 0 Å². The largest absolute Gasteiger partial charge is 0.299 e. The lowest BCUT2D eigenvalue weighted by atomic mass is 9.46. The third-order valence-corrected chi connectivity index (χ3v) is 8.18. The zero-order chi connectivity index (χ0) is 21.5. The Morgan fingerprint density at radius 3 is 1.97 bits per heavy atom. The number of rotatable bonds is 2. The average molecular weight is 519 g/mol. The number of halogens is 1. The molecule has 2 amide bonds. The van der Waals surface area contributed by atoms with Crippen LogP contribution in [-0.2, 0) is 19.8 Å². The molecule has 0 aromatic heterocycles. The van der Waals surface area contributed by atoms with Gasteiger partial charge in [-0.05, 0) is 63.9 Å². The summed E-state index contributed by atoms with van der Waals surface area (Å²) < 4.78 is 0.833. The van der Waals surface area contributed by atoms with E-state index in [1.807, 2.05) is 66.7 Å². The van der Waals surface area contributed by atoms with Crippen LogP contribution in [0.5, 0.6) is 0 Å². The number of benzene rings is 3. The predicted molar refractivity (Wildman–Crippen MR) is 125 cm³/mol. The van der Waals surface area contributed by atoms with Crippen LogP contribution in [0.1, 0.15) is 35.1 Å². The Morgan fingerprint density at radius 1 is 0.839 bits per heavy atom. The van der Waals surface area contributed by atoms with Crippen molar-refractivity contribution in [1.29, 1.82) is 0 Å². The highest BCUT2D eigenvalue weighted by Crippen LogP contribution is 2.64. The molecule has 4 aliphatic rings. The molecule has 1 saturated heterocycles. The van der Waals surface area contributed by atoms with Gasteiger partial charge in [-0.2, -0.15) is 0 Å². The fourth-order valence-electron chi connectivity index (χ4n) is 6.24. The Hall–Kier alpha value is -2.80. The second-order valence-electron chi connectivity index (χ2n) is 8.48. The number of nitrogens with zero attached hydrogens (tertiary/aromatic N) is 1. The molecular formula is C26H18INO3. The van der Waals surface area contributed by atoms with Gasteiger partial charge in [0.2, 0.25) is 11.8 Å². The number of hydrogen-bond acceptors (Lipinski definition) is 3. The van der Waals surface area contributed by atoms with Crippen molar-refractivity contribution in [1.82, 2.24) is 0 Å². The molecule has 7 rings (SSSR count). The maximum absolute atomic E-state index is 14.0. The molecule has 5 heteroatoms. The molecule has 1 heterocycles. The van der Waals surface area contributed by atoms with Crippen LogP contribution in [0.2, 0.25) is 0 Å². The van der Waals surface area contributed by atoms with Crippen molar-refractivity contribution in [2.45, 2.75) is 18.3 Å². The van der Waals surface area contributed by atoms with Crippen LogP contribution >= 0.6 is 22.6 Å². The van der Waals surface area contributed by atoms with Gasteiger partial charge in [0, 0.05) is 9.49 Å². The van der Waals surface area contributed by atoms with Crippen molar-refractivity contribution >= 4 is 45.9 Å². The fraction of sp³-hybridized carbons (Fsp3) is 0.192. The van der Waals surface area contributed by atoms with Gasteiger partial charge in [-0.3, -0.25) is 14.4 Å². The summed E-state index contributed by atoms with van der Waals surface area (Å²) in [5.41, 5.74) is 3.18. The van der Waals surface area contributed by atoms with Crippen molar-refractivity contribution in [2.24, 2.45) is 11.8 Å². The third kappa shape index (κ3) is 2.12. The topological polar surface area (TPSA) is 54.5 Å². The van der Waals surface area contributed by atoms with Gasteiger partial charge < -0.3 is 0 Å². The molecule has 0 spiro atoms. The highest BCUT2D eigenvalue weighted by molar-refractivity contribution is 14.1. The molecule has 31 heavy (non-hydrogen) atoms. The van der Waals surface area contributed by atoms with Crippen LogP contribution in [0.25, 0.3) is 0 Å². The quantitative estimate of drug-likeness (QED) is 0.372. The molecule has 152 valence electrons. The van der Waals surface area contributed by atoms with Crippen LogP contribution < -0.4 is 4.90 Å². The third-order valence-electron chi connectivity index (χ3n) is 7.27. The molecule has 3 aromatic carbocycles. The molecule has 1 fully saturated rings. The van der Waals surface area contributed by atoms with Gasteiger partial charge in [0.25, 0.3) is 0 Å². The lowest BCUT2D eigenvalue weighted by Crippen LogP contribution is -2.57. The zero-order valence-electron chi connectivity index (χ0n) is 16.7. The SMILES string of the molecule is CC(=O)C12c3ccccc3C(c3ccccc31)[C@@H]1C(=O)N(c3ccccc3I)C(=O)[C@@H]12. The van der Waals surface area contributed by atoms with Crippen LogP contribution in [-0.4, -0.2) is 17.6 Å². The fourth-order valence-corrected chi connectivity index (χ4v) is 6.87. The summed E-state index contributed by atoms with van der Waals surface area (Å²) >= 11 is 2.15. The summed E-state index contributed by atoms with van der Waals surface area (Å²) in [5.74, 6) is -2.13. The summed E-state index contributed by atoms with van der Waals surface area (Å²) in [6.45, 7) is 1.56. The number of hydrogen-bond donors (Lipinski definition) is 0. The van der Waals surface area contributed by atoms with Crippen LogP contribution in [0.4, 0.5) is 5.69 Å². The van der Waals surface area contributed by atoms with Gasteiger partial charge in [-0.25, -0.2) is 4.90 Å². The lowest BCUT2D eigenvalue weighted by molar-refractivity contribution is -0.132. The summed E-state index contributed by atoms with van der Waals surface area (Å²) in [6, 6.07) is 23.1. The number of para-hydroxylation sites is 1. The molecule has 4 nitrogen and oxygen atoms in total. The normalized spacial score (nSPS) is 27.7. The first-order chi connectivity index (χ1) is 15.0. The molecule has 2 atom stereocenters. The second kappa shape index (κ2) is 6.36. The smallest absolute Gasteiger partial charge is 0.239 e. The molecule has 0 unspecified atom stereocenters. The van der Waals surface area contributed by atoms with E-state index < -0.39 is 17.3 Å². The van der Waals surface area contributed by atoms with Gasteiger partial charge >= 0.3 is 0 Å². The van der Waals surface area contributed by atoms with E-state index in [9.17, 15) is 14.4 Å². The first kappa shape index (κ1) is 18.9. The number of carbonyl (C=O) groups is 3. The Bertz CT molecular complexity index is 1270. The van der Waals surface area contributed by atoms with E-state index >= 15 is 0 Å². The first-order valence-electron chi connectivity index (χ1n) is 10.3. The molecule has 3 aliphatic carbocycles. The van der Waals surface area contributed by atoms with Crippen LogP contribution in [0.3, 0.4) is 0 Å². The molecule has 1 aliphatic heterocycles. The summed E-state index contributed by atoms with van der Waals surface area (Å²) in [7, 11) is 0. The Kier molecular flexibility index (Phi) is 3.88. The monoisotopic (exact) mass is 519 g/mol. The van der Waals surface area contributed by atoms with Crippen molar-refractivity contribution in [3.8, 4) is 0 Å². The van der Waals surface area contributed by atoms with E-state index in [0.717, 1.165) is 25.8 Å². The number of anilines is 1. The minimum atomic E-state index is -1.14. The highest BCUT2D eigenvalue weighted by atomic mass is 127. The van der Waals surface area contributed by atoms with E-state index in [1.54, 1.807) is 13.0 Å². The molecule has 0 saturated carbocycles. The van der Waals surface area contributed by atoms with E-state index in [0.29, 0.717) is 5.69 Å². The zero-order valence-corrected chi connectivity index (χ0v) is 18.9. The van der Waals surface area contributed by atoms with Crippen molar-refractivity contribution in [3.05, 3.63) is 98.6 Å². The van der Waals surface area contributed by atoms with E-state index in [4.69, 9.17) is 0 Å². The molecule has 3 aromatic rings. The first-order valence-corrected chi connectivity index (χ1v) is 11.4. The number of imide groups is 1. The summed E-state index contributed by atoms with van der Waals surface area (Å²) in [5, 5.41) is 0. The van der Waals surface area contributed by atoms with Crippen molar-refractivity contribution in [3.63, 3.8) is 0 Å². The minimum Gasteiger partial charge on any atom is -0.299 e.